The normalized spacial score (nSPS) is 10.3. The van der Waals surface area contributed by atoms with E-state index >= 15 is 0 Å². The Balaban J connectivity index is 2.01. The van der Waals surface area contributed by atoms with Crippen LogP contribution in [0.25, 0.3) is 0 Å². The molecule has 0 bridgehead atoms. The summed E-state index contributed by atoms with van der Waals surface area (Å²) in [5.41, 5.74) is 0.741. The Labute approximate surface area is 153 Å². The number of rotatable bonds is 4. The predicted molar refractivity (Wildman–Crippen MR) is 95.2 cm³/mol. The first-order valence-electron chi connectivity index (χ1n) is 6.77. The number of benzene rings is 2. The van der Waals surface area contributed by atoms with E-state index in [9.17, 15) is 14.7 Å². The van der Waals surface area contributed by atoms with E-state index in [0.717, 1.165) is 0 Å². The van der Waals surface area contributed by atoms with Crippen LogP contribution < -0.4 is 5.32 Å². The van der Waals surface area contributed by atoms with E-state index < -0.39 is 11.8 Å². The molecule has 8 heteroatoms. The maximum Gasteiger partial charge on any atom is 0.254 e. The molecule has 0 saturated heterocycles. The highest BCUT2D eigenvalue weighted by Gasteiger charge is 2.16. The topological polar surface area (TPSA) is 69.6 Å². The summed E-state index contributed by atoms with van der Waals surface area (Å²) in [6, 6.07) is 8.77. The summed E-state index contributed by atoms with van der Waals surface area (Å²) in [5, 5.41) is 12.8. The molecule has 126 valence electrons. The highest BCUT2D eigenvalue weighted by atomic mass is 35.5. The number of likely N-dealkylation sites (N-methyl/N-ethyl adjacent to an activating group) is 1. The third-order valence-electron chi connectivity index (χ3n) is 3.13. The molecule has 2 aromatic carbocycles. The third-order valence-corrected chi connectivity index (χ3v) is 4.17. The molecule has 0 aliphatic rings. The standard InChI is InChI=1S/C16H13Cl3N2O3/c1-21(16(24)9-2-5-14(22)13(19)6-9)8-15(23)20-10-3-4-11(17)12(18)7-10/h2-7,22H,8H2,1H3,(H,20,23). The van der Waals surface area contributed by atoms with Gasteiger partial charge in [-0.05, 0) is 36.4 Å². The van der Waals surface area contributed by atoms with Gasteiger partial charge in [0.25, 0.3) is 5.91 Å². The van der Waals surface area contributed by atoms with Crippen LogP contribution in [-0.4, -0.2) is 35.4 Å². The van der Waals surface area contributed by atoms with Crippen LogP contribution in [0.1, 0.15) is 10.4 Å². The van der Waals surface area contributed by atoms with Gasteiger partial charge < -0.3 is 15.3 Å². The quantitative estimate of drug-likeness (QED) is 0.831. The Morgan fingerprint density at radius 2 is 1.75 bits per heavy atom. The van der Waals surface area contributed by atoms with Gasteiger partial charge in [-0.25, -0.2) is 0 Å². The molecule has 0 saturated carbocycles. The summed E-state index contributed by atoms with van der Waals surface area (Å²) in [7, 11) is 1.48. The SMILES string of the molecule is CN(CC(=O)Nc1ccc(Cl)c(Cl)c1)C(=O)c1ccc(O)c(Cl)c1. The number of nitrogens with one attached hydrogen (secondary N) is 1. The van der Waals surface area contributed by atoms with E-state index in [1.807, 2.05) is 0 Å². The van der Waals surface area contributed by atoms with Crippen molar-refractivity contribution in [2.45, 2.75) is 0 Å². The molecule has 2 amide bonds. The van der Waals surface area contributed by atoms with Crippen LogP contribution >= 0.6 is 34.8 Å². The second-order valence-corrected chi connectivity index (χ2v) is 6.23. The first-order chi connectivity index (χ1) is 11.3. The fraction of sp³-hybridized carbons (Fsp3) is 0.125. The number of phenolic OH excluding ortho intramolecular Hbond substituents is 1. The zero-order chi connectivity index (χ0) is 17.9. The lowest BCUT2D eigenvalue weighted by Gasteiger charge is -2.17. The molecular weight excluding hydrogens is 375 g/mol. The molecule has 2 rings (SSSR count). The highest BCUT2D eigenvalue weighted by molar-refractivity contribution is 6.42. The van der Waals surface area contributed by atoms with Gasteiger partial charge in [0.15, 0.2) is 0 Å². The van der Waals surface area contributed by atoms with Crippen LogP contribution in [0.2, 0.25) is 15.1 Å². The second kappa shape index (κ2) is 7.75. The van der Waals surface area contributed by atoms with Crippen molar-refractivity contribution in [3.8, 4) is 5.75 Å². The summed E-state index contributed by atoms with van der Waals surface area (Å²) < 4.78 is 0. The molecule has 2 N–H and O–H groups in total. The fourth-order valence-electron chi connectivity index (χ4n) is 1.92. The van der Waals surface area contributed by atoms with Crippen LogP contribution in [0.3, 0.4) is 0 Å². The summed E-state index contributed by atoms with van der Waals surface area (Å²) in [6.07, 6.45) is 0. The largest absolute Gasteiger partial charge is 0.506 e. The molecule has 0 aliphatic heterocycles. The lowest BCUT2D eigenvalue weighted by atomic mass is 10.2. The van der Waals surface area contributed by atoms with Crippen molar-refractivity contribution in [3.05, 3.63) is 57.0 Å². The van der Waals surface area contributed by atoms with E-state index in [0.29, 0.717) is 15.7 Å². The Hall–Kier alpha value is -1.95. The monoisotopic (exact) mass is 386 g/mol. The minimum Gasteiger partial charge on any atom is -0.506 e. The molecule has 0 aromatic heterocycles. The van der Waals surface area contributed by atoms with Crippen molar-refractivity contribution in [1.29, 1.82) is 0 Å². The molecule has 2 aromatic rings. The zero-order valence-corrected chi connectivity index (χ0v) is 14.8. The summed E-state index contributed by atoms with van der Waals surface area (Å²) in [4.78, 5) is 25.5. The molecule has 24 heavy (non-hydrogen) atoms. The van der Waals surface area contributed by atoms with Crippen molar-refractivity contribution < 1.29 is 14.7 Å². The lowest BCUT2D eigenvalue weighted by Crippen LogP contribution is -2.34. The highest BCUT2D eigenvalue weighted by Crippen LogP contribution is 2.25. The summed E-state index contributed by atoms with van der Waals surface area (Å²) in [5.74, 6) is -0.913. The molecule has 0 fully saturated rings. The number of carbonyl (C=O) groups is 2. The van der Waals surface area contributed by atoms with Crippen molar-refractivity contribution in [2.75, 3.05) is 18.9 Å². The Bertz CT molecular complexity index is 796. The van der Waals surface area contributed by atoms with Crippen LogP contribution in [0.5, 0.6) is 5.75 Å². The third kappa shape index (κ3) is 4.54. The van der Waals surface area contributed by atoms with Crippen LogP contribution in [0.4, 0.5) is 5.69 Å². The van der Waals surface area contributed by atoms with Crippen molar-refractivity contribution in [2.24, 2.45) is 0 Å². The first-order valence-corrected chi connectivity index (χ1v) is 7.90. The van der Waals surface area contributed by atoms with Crippen LogP contribution in [0, 0.1) is 0 Å². The minimum atomic E-state index is -0.402. The average Bonchev–Trinajstić information content (AvgIpc) is 2.52. The molecule has 0 heterocycles. The van der Waals surface area contributed by atoms with Gasteiger partial charge in [0.1, 0.15) is 5.75 Å². The maximum atomic E-state index is 12.3. The Morgan fingerprint density at radius 3 is 2.38 bits per heavy atom. The van der Waals surface area contributed by atoms with E-state index in [1.165, 1.54) is 36.2 Å². The van der Waals surface area contributed by atoms with E-state index in [-0.39, 0.29) is 22.9 Å². The Morgan fingerprint density at radius 1 is 1.04 bits per heavy atom. The number of halogens is 3. The molecular formula is C16H13Cl3N2O3. The molecule has 0 aliphatic carbocycles. The van der Waals surface area contributed by atoms with Gasteiger partial charge in [0.05, 0.1) is 21.6 Å². The Kier molecular flexibility index (Phi) is 5.94. The van der Waals surface area contributed by atoms with Gasteiger partial charge in [-0.3, -0.25) is 9.59 Å². The number of hydrogen-bond donors (Lipinski definition) is 2. The van der Waals surface area contributed by atoms with Gasteiger partial charge >= 0.3 is 0 Å². The molecule has 0 unspecified atom stereocenters. The molecule has 0 spiro atoms. The fourth-order valence-corrected chi connectivity index (χ4v) is 2.40. The number of aromatic hydroxyl groups is 1. The molecule has 0 radical (unpaired) electrons. The molecule has 5 nitrogen and oxygen atoms in total. The number of hydrogen-bond acceptors (Lipinski definition) is 3. The number of nitrogens with zero attached hydrogens (tertiary/aromatic N) is 1. The summed E-state index contributed by atoms with van der Waals surface area (Å²) >= 11 is 17.5. The minimum absolute atomic E-state index is 0.0644. The van der Waals surface area contributed by atoms with Crippen molar-refractivity contribution in [3.63, 3.8) is 0 Å². The number of carbonyl (C=O) groups excluding carboxylic acids is 2. The number of phenols is 1. The summed E-state index contributed by atoms with van der Waals surface area (Å²) in [6.45, 7) is -0.169. The van der Waals surface area contributed by atoms with Gasteiger partial charge in [0, 0.05) is 18.3 Å². The molecule has 0 atom stereocenters. The van der Waals surface area contributed by atoms with E-state index in [4.69, 9.17) is 34.8 Å². The maximum absolute atomic E-state index is 12.3. The first kappa shape index (κ1) is 18.4. The van der Waals surface area contributed by atoms with Gasteiger partial charge in [-0.2, -0.15) is 0 Å². The predicted octanol–water partition coefficient (Wildman–Crippen LogP) is 4.06. The van der Waals surface area contributed by atoms with E-state index in [2.05, 4.69) is 5.32 Å². The van der Waals surface area contributed by atoms with Crippen molar-refractivity contribution in [1.82, 2.24) is 4.90 Å². The zero-order valence-electron chi connectivity index (χ0n) is 12.5. The van der Waals surface area contributed by atoms with Gasteiger partial charge in [-0.1, -0.05) is 34.8 Å². The van der Waals surface area contributed by atoms with Gasteiger partial charge in [-0.15, -0.1) is 0 Å². The number of amides is 2. The van der Waals surface area contributed by atoms with E-state index in [1.54, 1.807) is 12.1 Å². The van der Waals surface area contributed by atoms with Gasteiger partial charge in [0.2, 0.25) is 5.91 Å². The second-order valence-electron chi connectivity index (χ2n) is 5.00. The van der Waals surface area contributed by atoms with Crippen molar-refractivity contribution >= 4 is 52.3 Å². The van der Waals surface area contributed by atoms with Crippen LogP contribution in [0.15, 0.2) is 36.4 Å². The van der Waals surface area contributed by atoms with Crippen LogP contribution in [-0.2, 0) is 4.79 Å². The average molecular weight is 388 g/mol. The number of anilines is 1. The lowest BCUT2D eigenvalue weighted by molar-refractivity contribution is -0.116. The smallest absolute Gasteiger partial charge is 0.254 e.